The van der Waals surface area contributed by atoms with Crippen LogP contribution < -0.4 is 16.6 Å². The Morgan fingerprint density at radius 1 is 1.16 bits per heavy atom. The van der Waals surface area contributed by atoms with Crippen LogP contribution in [0.4, 0.5) is 5.82 Å². The molecule has 5 aromatic rings. The summed E-state index contributed by atoms with van der Waals surface area (Å²) in [6.07, 6.45) is 4.33. The van der Waals surface area contributed by atoms with Crippen molar-refractivity contribution in [3.05, 3.63) is 99.2 Å². The predicted molar refractivity (Wildman–Crippen MR) is 146 cm³/mol. The van der Waals surface area contributed by atoms with Crippen LogP contribution in [-0.4, -0.2) is 39.7 Å². The number of carbonyl (C=O) groups is 1. The van der Waals surface area contributed by atoms with Crippen molar-refractivity contribution in [2.45, 2.75) is 18.7 Å². The molecule has 0 fully saturated rings. The zero-order chi connectivity index (χ0) is 27.2. The fraction of sp³-hybridized carbons (Fsp3) is 0.154. The van der Waals surface area contributed by atoms with E-state index in [1.54, 1.807) is 67.7 Å². The van der Waals surface area contributed by atoms with Gasteiger partial charge < -0.3 is 11.1 Å². The van der Waals surface area contributed by atoms with E-state index in [9.17, 15) is 18.0 Å². The molecule has 0 saturated carbocycles. The maximum absolute atomic E-state index is 13.8. The van der Waals surface area contributed by atoms with E-state index in [4.69, 9.17) is 17.3 Å². The normalized spacial score (nSPS) is 12.6. The van der Waals surface area contributed by atoms with Gasteiger partial charge in [-0.25, -0.2) is 17.9 Å². The average molecular weight is 551 g/mol. The molecule has 0 aliphatic rings. The summed E-state index contributed by atoms with van der Waals surface area (Å²) in [7, 11) is -3.23. The number of fused-ring (bicyclic) bond motifs is 2. The summed E-state index contributed by atoms with van der Waals surface area (Å²) in [5.74, 6) is -0.602. The number of hydrogen-bond donors (Lipinski definition) is 2. The molecule has 0 unspecified atom stereocenters. The minimum absolute atomic E-state index is 0.0255. The number of pyridine rings is 1. The fourth-order valence-electron chi connectivity index (χ4n) is 4.43. The van der Waals surface area contributed by atoms with Gasteiger partial charge in [0.2, 0.25) is 0 Å². The first kappa shape index (κ1) is 25.4. The Morgan fingerprint density at radius 2 is 1.89 bits per heavy atom. The highest BCUT2D eigenvalue weighted by atomic mass is 35.5. The van der Waals surface area contributed by atoms with Gasteiger partial charge in [0.1, 0.15) is 5.56 Å². The number of sulfone groups is 1. The lowest BCUT2D eigenvalue weighted by molar-refractivity contribution is 0.0941. The monoisotopic (exact) mass is 550 g/mol. The first-order valence-corrected chi connectivity index (χ1v) is 14.0. The van der Waals surface area contributed by atoms with Crippen LogP contribution >= 0.6 is 11.6 Å². The Kier molecular flexibility index (Phi) is 6.41. The molecule has 2 aromatic carbocycles. The predicted octanol–water partition coefficient (Wildman–Crippen LogP) is 3.30. The van der Waals surface area contributed by atoms with Crippen LogP contribution in [0.3, 0.4) is 0 Å². The molecule has 5 rings (SSSR count). The molecule has 1 atom stereocenters. The number of benzene rings is 2. The number of nitrogens with two attached hydrogens (primary N) is 1. The van der Waals surface area contributed by atoms with Crippen LogP contribution in [0.2, 0.25) is 5.02 Å². The molecule has 0 saturated heterocycles. The lowest BCUT2D eigenvalue weighted by Crippen LogP contribution is -2.32. The fourth-order valence-corrected chi connectivity index (χ4v) is 5.49. The Labute approximate surface area is 222 Å². The van der Waals surface area contributed by atoms with Crippen molar-refractivity contribution in [2.24, 2.45) is 0 Å². The summed E-state index contributed by atoms with van der Waals surface area (Å²) < 4.78 is 26.3. The highest BCUT2D eigenvalue weighted by molar-refractivity contribution is 7.89. The van der Waals surface area contributed by atoms with Crippen molar-refractivity contribution in [3.8, 4) is 5.69 Å². The smallest absolute Gasteiger partial charge is 0.264 e. The zero-order valence-electron chi connectivity index (χ0n) is 20.4. The molecule has 194 valence electrons. The van der Waals surface area contributed by atoms with Crippen LogP contribution in [0, 0.1) is 0 Å². The number of nitrogens with zero attached hydrogens (tertiary/aromatic N) is 4. The maximum Gasteiger partial charge on any atom is 0.264 e. The SMILES string of the molecule is C[C@H](NC(=O)c1c(N)nn2cccnc12)c1cc2cccc(Cl)c2c(=O)n1-c1ccc(CS(C)(=O)=O)cc1. The van der Waals surface area contributed by atoms with Gasteiger partial charge in [-0.2, -0.15) is 0 Å². The third-order valence-electron chi connectivity index (χ3n) is 6.09. The van der Waals surface area contributed by atoms with E-state index >= 15 is 0 Å². The Bertz CT molecular complexity index is 1880. The summed E-state index contributed by atoms with van der Waals surface area (Å²) in [4.78, 5) is 31.3. The van der Waals surface area contributed by atoms with Gasteiger partial charge in [0.15, 0.2) is 21.3 Å². The Balaban J connectivity index is 1.61. The number of halogens is 1. The standard InChI is InChI=1S/C26H23ClN6O4S/c1-15(30-25(34)22-23(28)31-32-12-4-11-29-24(22)32)20-13-17-5-3-6-19(27)21(17)26(35)33(20)18-9-7-16(8-10-18)14-38(2,36)37/h3-13,15H,14H2,1-2H3,(H2,28,31)(H,30,34)/t15-/m0/s1. The molecular weight excluding hydrogens is 528 g/mol. The highest BCUT2D eigenvalue weighted by Crippen LogP contribution is 2.26. The second kappa shape index (κ2) is 9.58. The van der Waals surface area contributed by atoms with E-state index in [-0.39, 0.29) is 22.7 Å². The van der Waals surface area contributed by atoms with E-state index < -0.39 is 21.8 Å². The number of anilines is 1. The van der Waals surface area contributed by atoms with Gasteiger partial charge >= 0.3 is 0 Å². The molecule has 0 aliphatic heterocycles. The molecule has 12 heteroatoms. The van der Waals surface area contributed by atoms with Gasteiger partial charge in [0.05, 0.1) is 22.2 Å². The number of hydrogen-bond acceptors (Lipinski definition) is 7. The minimum Gasteiger partial charge on any atom is -0.381 e. The highest BCUT2D eigenvalue weighted by Gasteiger charge is 2.24. The molecular formula is C26H23ClN6O4S. The van der Waals surface area contributed by atoms with Gasteiger partial charge in [-0.1, -0.05) is 35.9 Å². The van der Waals surface area contributed by atoms with Crippen LogP contribution in [-0.2, 0) is 15.6 Å². The molecule has 10 nitrogen and oxygen atoms in total. The molecule has 0 spiro atoms. The largest absolute Gasteiger partial charge is 0.381 e. The number of nitrogen functional groups attached to an aromatic ring is 1. The third-order valence-corrected chi connectivity index (χ3v) is 7.26. The van der Waals surface area contributed by atoms with E-state index in [0.717, 1.165) is 6.26 Å². The molecule has 3 N–H and O–H groups in total. The second-order valence-electron chi connectivity index (χ2n) is 8.99. The lowest BCUT2D eigenvalue weighted by atomic mass is 10.1. The van der Waals surface area contributed by atoms with Crippen LogP contribution in [0.5, 0.6) is 0 Å². The summed E-state index contributed by atoms with van der Waals surface area (Å²) in [6, 6.07) is 14.6. The third kappa shape index (κ3) is 4.73. The number of amides is 1. The second-order valence-corrected chi connectivity index (χ2v) is 11.5. The van der Waals surface area contributed by atoms with Crippen LogP contribution in [0.25, 0.3) is 22.1 Å². The quantitative estimate of drug-likeness (QED) is 0.330. The van der Waals surface area contributed by atoms with Crippen LogP contribution in [0.15, 0.2) is 71.8 Å². The number of rotatable bonds is 6. The van der Waals surface area contributed by atoms with Crippen molar-refractivity contribution >= 4 is 49.6 Å². The molecule has 1 amide bonds. The van der Waals surface area contributed by atoms with E-state index in [0.29, 0.717) is 38.4 Å². The Morgan fingerprint density at radius 3 is 2.61 bits per heavy atom. The molecule has 0 aliphatic carbocycles. The molecule has 0 bridgehead atoms. The maximum atomic E-state index is 13.8. The van der Waals surface area contributed by atoms with Gasteiger partial charge in [-0.3, -0.25) is 14.2 Å². The summed E-state index contributed by atoms with van der Waals surface area (Å²) in [5.41, 5.74) is 7.63. The molecule has 38 heavy (non-hydrogen) atoms. The number of carbonyl (C=O) groups excluding carboxylic acids is 1. The van der Waals surface area contributed by atoms with Crippen molar-refractivity contribution in [3.63, 3.8) is 0 Å². The minimum atomic E-state index is -3.23. The first-order chi connectivity index (χ1) is 18.0. The van der Waals surface area contributed by atoms with Crippen LogP contribution in [0.1, 0.15) is 34.6 Å². The van der Waals surface area contributed by atoms with E-state index in [1.807, 2.05) is 0 Å². The lowest BCUT2D eigenvalue weighted by Gasteiger charge is -2.21. The topological polar surface area (TPSA) is 141 Å². The number of nitrogens with one attached hydrogen (secondary N) is 1. The van der Waals surface area contributed by atoms with E-state index in [2.05, 4.69) is 15.4 Å². The molecule has 3 heterocycles. The summed E-state index contributed by atoms with van der Waals surface area (Å²) in [6.45, 7) is 1.74. The average Bonchev–Trinajstić information content (AvgIpc) is 3.19. The summed E-state index contributed by atoms with van der Waals surface area (Å²) in [5, 5.41) is 8.28. The van der Waals surface area contributed by atoms with Crippen molar-refractivity contribution < 1.29 is 13.2 Å². The van der Waals surface area contributed by atoms with Gasteiger partial charge in [-0.15, -0.1) is 5.10 Å². The van der Waals surface area contributed by atoms with Crippen molar-refractivity contribution in [2.75, 3.05) is 12.0 Å². The van der Waals surface area contributed by atoms with Gasteiger partial charge in [-0.05, 0) is 48.2 Å². The molecule has 0 radical (unpaired) electrons. The summed E-state index contributed by atoms with van der Waals surface area (Å²) >= 11 is 6.40. The zero-order valence-corrected chi connectivity index (χ0v) is 22.0. The molecule has 3 aromatic heterocycles. The van der Waals surface area contributed by atoms with Crippen molar-refractivity contribution in [1.82, 2.24) is 24.5 Å². The Hall–Kier alpha value is -4.22. The number of aromatic nitrogens is 4. The van der Waals surface area contributed by atoms with Gasteiger partial charge in [0.25, 0.3) is 11.5 Å². The van der Waals surface area contributed by atoms with Gasteiger partial charge in [0, 0.05) is 30.0 Å². The van der Waals surface area contributed by atoms with Crippen molar-refractivity contribution in [1.29, 1.82) is 0 Å². The van der Waals surface area contributed by atoms with E-state index in [1.165, 1.54) is 15.3 Å². The first-order valence-electron chi connectivity index (χ1n) is 11.5.